The van der Waals surface area contributed by atoms with E-state index in [4.69, 9.17) is 0 Å². The van der Waals surface area contributed by atoms with Gasteiger partial charge in [-0.15, -0.1) is 0 Å². The average Bonchev–Trinajstić information content (AvgIpc) is 2.93. The second-order valence-electron chi connectivity index (χ2n) is 6.95. The van der Waals surface area contributed by atoms with Crippen molar-refractivity contribution in [3.8, 4) is 0 Å². The minimum atomic E-state index is 0.00698. The maximum atomic E-state index is 12.5. The van der Waals surface area contributed by atoms with E-state index in [1.165, 1.54) is 36.8 Å². The van der Waals surface area contributed by atoms with Crippen molar-refractivity contribution >= 4 is 5.91 Å². The van der Waals surface area contributed by atoms with Gasteiger partial charge in [0.15, 0.2) is 0 Å². The fourth-order valence-electron chi connectivity index (χ4n) is 3.53. The molecule has 3 rings (SSSR count). The molecule has 0 aromatic heterocycles. The van der Waals surface area contributed by atoms with Crippen molar-refractivity contribution in [2.75, 3.05) is 19.6 Å². The molecule has 1 unspecified atom stereocenters. The molecule has 0 aliphatic carbocycles. The van der Waals surface area contributed by atoms with E-state index in [1.54, 1.807) is 0 Å². The standard InChI is InChI=1S/C22H28N2O/c1-18-11-13-19(14-12-18)21(24-15-7-2-3-8-16-24)17-23-22(25)20-9-5-4-6-10-20/h4-6,9-14,21H,2-3,7-8,15-17H2,1H3,(H,23,25). The summed E-state index contributed by atoms with van der Waals surface area (Å²) in [6, 6.07) is 18.5. The Morgan fingerprint density at radius 2 is 1.60 bits per heavy atom. The Hall–Kier alpha value is -2.13. The highest BCUT2D eigenvalue weighted by Gasteiger charge is 2.22. The lowest BCUT2D eigenvalue weighted by atomic mass is 10.0. The molecule has 1 N–H and O–H groups in total. The normalized spacial score (nSPS) is 16.8. The molecule has 3 heteroatoms. The Labute approximate surface area is 151 Å². The lowest BCUT2D eigenvalue weighted by Gasteiger charge is -2.31. The highest BCUT2D eigenvalue weighted by atomic mass is 16.1. The van der Waals surface area contributed by atoms with Gasteiger partial charge >= 0.3 is 0 Å². The molecule has 1 heterocycles. The van der Waals surface area contributed by atoms with Crippen molar-refractivity contribution in [1.29, 1.82) is 0 Å². The molecule has 3 nitrogen and oxygen atoms in total. The fraction of sp³-hybridized carbons (Fsp3) is 0.409. The van der Waals surface area contributed by atoms with Gasteiger partial charge < -0.3 is 5.32 Å². The first-order valence-electron chi connectivity index (χ1n) is 9.38. The number of aryl methyl sites for hydroxylation is 1. The van der Waals surface area contributed by atoms with Crippen LogP contribution in [0.25, 0.3) is 0 Å². The summed E-state index contributed by atoms with van der Waals surface area (Å²) >= 11 is 0. The smallest absolute Gasteiger partial charge is 0.251 e. The lowest BCUT2D eigenvalue weighted by Crippen LogP contribution is -2.38. The molecule has 132 valence electrons. The van der Waals surface area contributed by atoms with Crippen LogP contribution in [-0.4, -0.2) is 30.4 Å². The van der Waals surface area contributed by atoms with Crippen molar-refractivity contribution in [3.05, 3.63) is 71.3 Å². The van der Waals surface area contributed by atoms with Gasteiger partial charge in [0.25, 0.3) is 5.91 Å². The second-order valence-corrected chi connectivity index (χ2v) is 6.95. The fourth-order valence-corrected chi connectivity index (χ4v) is 3.53. The van der Waals surface area contributed by atoms with Gasteiger partial charge in [0, 0.05) is 12.1 Å². The number of nitrogens with one attached hydrogen (secondary N) is 1. The summed E-state index contributed by atoms with van der Waals surface area (Å²) in [5.41, 5.74) is 3.29. The number of hydrogen-bond acceptors (Lipinski definition) is 2. The molecule has 0 bridgehead atoms. The van der Waals surface area contributed by atoms with Crippen molar-refractivity contribution in [2.24, 2.45) is 0 Å². The highest BCUT2D eigenvalue weighted by molar-refractivity contribution is 5.94. The Balaban J connectivity index is 1.73. The molecule has 1 fully saturated rings. The third-order valence-electron chi connectivity index (χ3n) is 5.04. The van der Waals surface area contributed by atoms with Crippen LogP contribution in [0.15, 0.2) is 54.6 Å². The van der Waals surface area contributed by atoms with Gasteiger partial charge in [0.1, 0.15) is 0 Å². The molecular weight excluding hydrogens is 308 g/mol. The monoisotopic (exact) mass is 336 g/mol. The number of carbonyl (C=O) groups is 1. The van der Waals surface area contributed by atoms with Gasteiger partial charge in [-0.2, -0.15) is 0 Å². The Morgan fingerprint density at radius 3 is 2.24 bits per heavy atom. The third kappa shape index (κ3) is 4.93. The number of rotatable bonds is 5. The SMILES string of the molecule is Cc1ccc(C(CNC(=O)c2ccccc2)N2CCCCCC2)cc1. The van der Waals surface area contributed by atoms with E-state index in [2.05, 4.69) is 41.4 Å². The molecule has 1 amide bonds. The predicted octanol–water partition coefficient (Wildman–Crippen LogP) is 4.34. The number of amides is 1. The van der Waals surface area contributed by atoms with Crippen molar-refractivity contribution in [3.63, 3.8) is 0 Å². The van der Waals surface area contributed by atoms with Crippen LogP contribution in [0.5, 0.6) is 0 Å². The quantitative estimate of drug-likeness (QED) is 0.881. The van der Waals surface area contributed by atoms with Gasteiger partial charge in [-0.05, 0) is 50.6 Å². The minimum absolute atomic E-state index is 0.00698. The van der Waals surface area contributed by atoms with Gasteiger partial charge in [0.2, 0.25) is 0 Å². The zero-order valence-electron chi connectivity index (χ0n) is 15.1. The van der Waals surface area contributed by atoms with Gasteiger partial charge in [-0.25, -0.2) is 0 Å². The molecule has 1 aliphatic rings. The van der Waals surface area contributed by atoms with E-state index in [-0.39, 0.29) is 11.9 Å². The molecule has 1 atom stereocenters. The minimum Gasteiger partial charge on any atom is -0.350 e. The average molecular weight is 336 g/mol. The van der Waals surface area contributed by atoms with Crippen LogP contribution in [-0.2, 0) is 0 Å². The molecule has 25 heavy (non-hydrogen) atoms. The topological polar surface area (TPSA) is 32.3 Å². The lowest BCUT2D eigenvalue weighted by molar-refractivity contribution is 0.0933. The number of carbonyl (C=O) groups excluding carboxylic acids is 1. The maximum absolute atomic E-state index is 12.5. The summed E-state index contributed by atoms with van der Waals surface area (Å²) in [5, 5.41) is 3.15. The second kappa shape index (κ2) is 8.82. The van der Waals surface area contributed by atoms with Crippen LogP contribution >= 0.6 is 0 Å². The van der Waals surface area contributed by atoms with Crippen molar-refractivity contribution in [2.45, 2.75) is 38.6 Å². The van der Waals surface area contributed by atoms with Crippen LogP contribution in [0, 0.1) is 6.92 Å². The van der Waals surface area contributed by atoms with E-state index in [0.717, 1.165) is 18.7 Å². The van der Waals surface area contributed by atoms with Crippen LogP contribution in [0.3, 0.4) is 0 Å². The van der Waals surface area contributed by atoms with Crippen molar-refractivity contribution in [1.82, 2.24) is 10.2 Å². The largest absolute Gasteiger partial charge is 0.350 e. The number of nitrogens with zero attached hydrogens (tertiary/aromatic N) is 1. The first kappa shape index (κ1) is 17.7. The number of likely N-dealkylation sites (tertiary alicyclic amines) is 1. The third-order valence-corrected chi connectivity index (χ3v) is 5.04. The van der Waals surface area contributed by atoms with E-state index in [9.17, 15) is 4.79 Å². The van der Waals surface area contributed by atoms with E-state index in [0.29, 0.717) is 6.54 Å². The first-order chi connectivity index (χ1) is 12.2. The Kier molecular flexibility index (Phi) is 6.24. The van der Waals surface area contributed by atoms with Crippen molar-refractivity contribution < 1.29 is 4.79 Å². The number of benzene rings is 2. The van der Waals surface area contributed by atoms with Gasteiger partial charge in [-0.1, -0.05) is 60.9 Å². The summed E-state index contributed by atoms with van der Waals surface area (Å²) in [6.07, 6.45) is 5.12. The maximum Gasteiger partial charge on any atom is 0.251 e. The Morgan fingerprint density at radius 1 is 0.960 bits per heavy atom. The predicted molar refractivity (Wildman–Crippen MR) is 103 cm³/mol. The molecule has 1 aliphatic heterocycles. The van der Waals surface area contributed by atoms with Gasteiger partial charge in [0.05, 0.1) is 6.04 Å². The number of hydrogen-bond donors (Lipinski definition) is 1. The van der Waals surface area contributed by atoms with Crippen LogP contribution in [0.2, 0.25) is 0 Å². The molecule has 0 radical (unpaired) electrons. The molecule has 1 saturated heterocycles. The summed E-state index contributed by atoms with van der Waals surface area (Å²) in [7, 11) is 0. The summed E-state index contributed by atoms with van der Waals surface area (Å²) < 4.78 is 0. The summed E-state index contributed by atoms with van der Waals surface area (Å²) in [4.78, 5) is 15.0. The summed E-state index contributed by atoms with van der Waals surface area (Å²) in [6.45, 7) is 4.98. The summed E-state index contributed by atoms with van der Waals surface area (Å²) in [5.74, 6) is 0.00698. The zero-order valence-corrected chi connectivity index (χ0v) is 15.1. The van der Waals surface area contributed by atoms with Crippen LogP contribution in [0.4, 0.5) is 0 Å². The zero-order chi connectivity index (χ0) is 17.5. The highest BCUT2D eigenvalue weighted by Crippen LogP contribution is 2.24. The molecule has 0 spiro atoms. The molecule has 0 saturated carbocycles. The molecular formula is C22H28N2O. The van der Waals surface area contributed by atoms with E-state index >= 15 is 0 Å². The van der Waals surface area contributed by atoms with Gasteiger partial charge in [-0.3, -0.25) is 9.69 Å². The van der Waals surface area contributed by atoms with E-state index in [1.807, 2.05) is 30.3 Å². The van der Waals surface area contributed by atoms with E-state index < -0.39 is 0 Å². The first-order valence-corrected chi connectivity index (χ1v) is 9.38. The molecule has 2 aromatic carbocycles. The van der Waals surface area contributed by atoms with Crippen LogP contribution in [0.1, 0.15) is 53.2 Å². The molecule has 2 aromatic rings. The van der Waals surface area contributed by atoms with Crippen LogP contribution < -0.4 is 5.32 Å². The Bertz CT molecular complexity index is 658.